The van der Waals surface area contributed by atoms with Gasteiger partial charge in [-0.25, -0.2) is 0 Å². The quantitative estimate of drug-likeness (QED) is 0.841. The molecule has 2 rings (SSSR count). The van der Waals surface area contributed by atoms with Crippen molar-refractivity contribution in [1.82, 2.24) is 0 Å². The minimum absolute atomic E-state index is 0.0931. The molecule has 0 aliphatic carbocycles. The molecule has 1 heterocycles. The Morgan fingerprint density at radius 2 is 1.90 bits per heavy atom. The number of hydrogen-bond acceptors (Lipinski definition) is 3. The molecule has 0 aromatic heterocycles. The van der Waals surface area contributed by atoms with Crippen molar-refractivity contribution in [3.63, 3.8) is 0 Å². The van der Waals surface area contributed by atoms with E-state index >= 15 is 0 Å². The standard InChI is InChI=1S/C17H21NO2/c1-12(2)13-6-8-14(9-7-13)15(11-18)17(19)16-5-3-4-10-20-16/h6-9,12,15-16H,3-5,10H2,1-2H3. The molecule has 1 fully saturated rings. The number of benzene rings is 1. The second kappa shape index (κ2) is 6.67. The lowest BCUT2D eigenvalue weighted by molar-refractivity contribution is -0.133. The lowest BCUT2D eigenvalue weighted by Gasteiger charge is -2.23. The van der Waals surface area contributed by atoms with E-state index in [9.17, 15) is 10.1 Å². The van der Waals surface area contributed by atoms with Crippen molar-refractivity contribution >= 4 is 5.78 Å². The lowest BCUT2D eigenvalue weighted by atomic mass is 9.89. The van der Waals surface area contributed by atoms with E-state index in [-0.39, 0.29) is 5.78 Å². The summed E-state index contributed by atoms with van der Waals surface area (Å²) >= 11 is 0. The molecule has 0 radical (unpaired) electrons. The summed E-state index contributed by atoms with van der Waals surface area (Å²) in [5.74, 6) is -0.356. The Labute approximate surface area is 120 Å². The van der Waals surface area contributed by atoms with Crippen molar-refractivity contribution in [3.8, 4) is 6.07 Å². The molecule has 0 amide bonds. The van der Waals surface area contributed by atoms with Crippen LogP contribution in [0.5, 0.6) is 0 Å². The summed E-state index contributed by atoms with van der Waals surface area (Å²) in [6.07, 6.45) is 2.34. The maximum absolute atomic E-state index is 12.4. The zero-order valence-corrected chi connectivity index (χ0v) is 12.1. The topological polar surface area (TPSA) is 50.1 Å². The molecule has 0 spiro atoms. The number of nitrogens with zero attached hydrogens (tertiary/aromatic N) is 1. The minimum Gasteiger partial charge on any atom is -0.370 e. The summed E-state index contributed by atoms with van der Waals surface area (Å²) in [4.78, 5) is 12.4. The third kappa shape index (κ3) is 3.26. The van der Waals surface area contributed by atoms with Gasteiger partial charge in [0, 0.05) is 6.61 Å². The van der Waals surface area contributed by atoms with Crippen molar-refractivity contribution in [3.05, 3.63) is 35.4 Å². The Morgan fingerprint density at radius 1 is 1.25 bits per heavy atom. The number of hydrogen-bond donors (Lipinski definition) is 0. The van der Waals surface area contributed by atoms with E-state index < -0.39 is 12.0 Å². The minimum atomic E-state index is -0.709. The van der Waals surface area contributed by atoms with E-state index in [0.717, 1.165) is 24.8 Å². The molecule has 3 nitrogen and oxygen atoms in total. The van der Waals surface area contributed by atoms with E-state index in [4.69, 9.17) is 4.74 Å². The van der Waals surface area contributed by atoms with E-state index in [2.05, 4.69) is 19.9 Å². The van der Waals surface area contributed by atoms with Gasteiger partial charge in [0.2, 0.25) is 0 Å². The molecule has 20 heavy (non-hydrogen) atoms. The molecular formula is C17H21NO2. The largest absolute Gasteiger partial charge is 0.370 e. The Hall–Kier alpha value is -1.66. The van der Waals surface area contributed by atoms with Crippen molar-refractivity contribution < 1.29 is 9.53 Å². The zero-order valence-electron chi connectivity index (χ0n) is 12.1. The normalized spacial score (nSPS) is 20.4. The fourth-order valence-electron chi connectivity index (χ4n) is 2.53. The second-order valence-corrected chi connectivity index (χ2v) is 5.64. The van der Waals surface area contributed by atoms with Crippen molar-refractivity contribution in [2.45, 2.75) is 51.0 Å². The summed E-state index contributed by atoms with van der Waals surface area (Å²) in [5, 5.41) is 9.33. The number of ketones is 1. The van der Waals surface area contributed by atoms with E-state index in [1.807, 2.05) is 24.3 Å². The number of ether oxygens (including phenoxy) is 1. The van der Waals surface area contributed by atoms with Gasteiger partial charge in [-0.1, -0.05) is 38.1 Å². The Balaban J connectivity index is 2.15. The van der Waals surface area contributed by atoms with E-state index in [1.54, 1.807) is 0 Å². The first-order valence-electron chi connectivity index (χ1n) is 7.28. The third-order valence-electron chi connectivity index (χ3n) is 3.85. The maximum atomic E-state index is 12.4. The summed E-state index contributed by atoms with van der Waals surface area (Å²) in [6, 6.07) is 9.92. The molecule has 1 aliphatic heterocycles. The van der Waals surface area contributed by atoms with Gasteiger partial charge in [0.05, 0.1) is 6.07 Å². The molecule has 106 valence electrons. The van der Waals surface area contributed by atoms with Gasteiger partial charge in [0.25, 0.3) is 0 Å². The van der Waals surface area contributed by atoms with Gasteiger partial charge in [0.1, 0.15) is 12.0 Å². The van der Waals surface area contributed by atoms with Crippen LogP contribution in [0.2, 0.25) is 0 Å². The molecule has 2 atom stereocenters. The summed E-state index contributed by atoms with van der Waals surface area (Å²) < 4.78 is 5.51. The highest BCUT2D eigenvalue weighted by Crippen LogP contribution is 2.25. The van der Waals surface area contributed by atoms with Gasteiger partial charge in [-0.2, -0.15) is 5.26 Å². The monoisotopic (exact) mass is 271 g/mol. The van der Waals surface area contributed by atoms with Gasteiger partial charge in [0.15, 0.2) is 5.78 Å². The molecule has 1 aliphatic rings. The average molecular weight is 271 g/mol. The van der Waals surface area contributed by atoms with Crippen LogP contribution in [0.1, 0.15) is 56.1 Å². The summed E-state index contributed by atoms with van der Waals surface area (Å²) in [5.41, 5.74) is 1.99. The zero-order chi connectivity index (χ0) is 14.5. The number of nitriles is 1. The predicted octanol–water partition coefficient (Wildman–Crippen LogP) is 3.56. The van der Waals surface area contributed by atoms with Crippen molar-refractivity contribution in [1.29, 1.82) is 5.26 Å². The Morgan fingerprint density at radius 3 is 2.40 bits per heavy atom. The molecule has 2 unspecified atom stereocenters. The molecular weight excluding hydrogens is 250 g/mol. The van der Waals surface area contributed by atoms with Gasteiger partial charge in [-0.3, -0.25) is 4.79 Å². The number of rotatable bonds is 4. The highest BCUT2D eigenvalue weighted by Gasteiger charge is 2.30. The molecule has 0 bridgehead atoms. The Bertz CT molecular complexity index is 493. The van der Waals surface area contributed by atoms with Crippen LogP contribution in [0, 0.1) is 11.3 Å². The van der Waals surface area contributed by atoms with Crippen LogP contribution in [0.3, 0.4) is 0 Å². The summed E-state index contributed by atoms with van der Waals surface area (Å²) in [7, 11) is 0. The lowest BCUT2D eigenvalue weighted by Crippen LogP contribution is -2.32. The summed E-state index contributed by atoms with van der Waals surface area (Å²) in [6.45, 7) is 4.87. The molecule has 3 heteroatoms. The van der Waals surface area contributed by atoms with Gasteiger partial charge in [-0.05, 0) is 36.3 Å². The average Bonchev–Trinajstić information content (AvgIpc) is 2.49. The van der Waals surface area contributed by atoms with Crippen molar-refractivity contribution in [2.24, 2.45) is 0 Å². The first-order valence-corrected chi connectivity index (χ1v) is 7.28. The van der Waals surface area contributed by atoms with Crippen LogP contribution in [0.4, 0.5) is 0 Å². The van der Waals surface area contributed by atoms with Crippen LogP contribution >= 0.6 is 0 Å². The van der Waals surface area contributed by atoms with Crippen LogP contribution in [-0.2, 0) is 9.53 Å². The fourth-order valence-corrected chi connectivity index (χ4v) is 2.53. The van der Waals surface area contributed by atoms with Crippen LogP contribution < -0.4 is 0 Å². The van der Waals surface area contributed by atoms with E-state index in [1.165, 1.54) is 5.56 Å². The van der Waals surface area contributed by atoms with Crippen molar-refractivity contribution in [2.75, 3.05) is 6.61 Å². The molecule has 1 aromatic rings. The van der Waals surface area contributed by atoms with Gasteiger partial charge in [-0.15, -0.1) is 0 Å². The first kappa shape index (κ1) is 14.7. The van der Waals surface area contributed by atoms with Crippen LogP contribution in [0.15, 0.2) is 24.3 Å². The third-order valence-corrected chi connectivity index (χ3v) is 3.85. The predicted molar refractivity (Wildman–Crippen MR) is 77.5 cm³/mol. The van der Waals surface area contributed by atoms with Crippen LogP contribution in [0.25, 0.3) is 0 Å². The molecule has 1 saturated heterocycles. The maximum Gasteiger partial charge on any atom is 0.183 e. The Kier molecular flexibility index (Phi) is 4.92. The first-order chi connectivity index (χ1) is 9.63. The number of Topliss-reactive ketones (excluding diaryl/α,β-unsaturated/α-hetero) is 1. The van der Waals surface area contributed by atoms with E-state index in [0.29, 0.717) is 12.5 Å². The SMILES string of the molecule is CC(C)c1ccc(C(C#N)C(=O)C2CCCCO2)cc1. The second-order valence-electron chi connectivity index (χ2n) is 5.64. The van der Waals surface area contributed by atoms with Gasteiger partial charge >= 0.3 is 0 Å². The molecule has 1 aromatic carbocycles. The van der Waals surface area contributed by atoms with Crippen LogP contribution in [-0.4, -0.2) is 18.5 Å². The highest BCUT2D eigenvalue weighted by molar-refractivity contribution is 5.92. The fraction of sp³-hybridized carbons (Fsp3) is 0.529. The van der Waals surface area contributed by atoms with Gasteiger partial charge < -0.3 is 4.74 Å². The number of carbonyl (C=O) groups is 1. The number of carbonyl (C=O) groups excluding carboxylic acids is 1. The molecule has 0 saturated carbocycles. The smallest absolute Gasteiger partial charge is 0.183 e. The molecule has 0 N–H and O–H groups in total. The highest BCUT2D eigenvalue weighted by atomic mass is 16.5.